The molecule has 0 aromatic heterocycles. The van der Waals surface area contributed by atoms with Gasteiger partial charge in [0.15, 0.2) is 0 Å². The Morgan fingerprint density at radius 3 is 2.20 bits per heavy atom. The number of hydrogen-bond acceptors (Lipinski definition) is 6. The molecule has 1 aliphatic rings. The summed E-state index contributed by atoms with van der Waals surface area (Å²) in [5, 5.41) is 0. The average molecular weight is 619 g/mol. The topological polar surface area (TPSA) is 96.8 Å². The number of nitrogens with two attached hydrogens (primary N) is 2. The van der Waals surface area contributed by atoms with Crippen LogP contribution in [0, 0.1) is 12.3 Å². The third-order valence-corrected chi connectivity index (χ3v) is 8.43. The van der Waals surface area contributed by atoms with Gasteiger partial charge in [0, 0.05) is 16.6 Å². The number of esters is 1. The van der Waals surface area contributed by atoms with Crippen molar-refractivity contribution in [2.45, 2.75) is 110 Å². The molecule has 0 heterocycles. The molecule has 6 nitrogen and oxygen atoms in total. The monoisotopic (exact) mass is 618 g/mol. The van der Waals surface area contributed by atoms with E-state index in [1.807, 2.05) is 46.8 Å². The fourth-order valence-corrected chi connectivity index (χ4v) is 5.61. The van der Waals surface area contributed by atoms with E-state index < -0.39 is 22.9 Å². The van der Waals surface area contributed by atoms with Crippen LogP contribution < -0.4 is 20.9 Å². The molecule has 0 saturated carbocycles. The lowest BCUT2D eigenvalue weighted by molar-refractivity contribution is -0.274. The van der Waals surface area contributed by atoms with Gasteiger partial charge in [0.1, 0.15) is 11.5 Å². The molecule has 0 spiro atoms. The highest BCUT2D eigenvalue weighted by Gasteiger charge is 2.47. The van der Waals surface area contributed by atoms with E-state index in [4.69, 9.17) is 20.9 Å². The van der Waals surface area contributed by atoms with Crippen LogP contribution in [-0.4, -0.2) is 36.6 Å². The molecule has 0 bridgehead atoms. The molecule has 0 radical (unpaired) electrons. The number of carbonyl (C=O) groups excluding carboxylic acids is 1. The first kappa shape index (κ1) is 35.4. The second-order valence-corrected chi connectivity index (χ2v) is 13.5. The second-order valence-electron chi connectivity index (χ2n) is 13.5. The maximum absolute atomic E-state index is 12.8. The van der Waals surface area contributed by atoms with Gasteiger partial charge >= 0.3 is 12.3 Å². The van der Waals surface area contributed by atoms with Crippen LogP contribution in [0.4, 0.5) is 13.2 Å². The molecule has 244 valence electrons. The molecule has 0 saturated heterocycles. The van der Waals surface area contributed by atoms with Crippen molar-refractivity contribution in [3.05, 3.63) is 58.7 Å². The largest absolute Gasteiger partial charge is 0.573 e. The first-order valence-electron chi connectivity index (χ1n) is 15.5. The third kappa shape index (κ3) is 9.99. The Morgan fingerprint density at radius 1 is 0.886 bits per heavy atom. The summed E-state index contributed by atoms with van der Waals surface area (Å²) in [5.74, 6) is 0.303. The minimum Gasteiger partial charge on any atom is -0.493 e. The minimum absolute atomic E-state index is 0.188. The van der Waals surface area contributed by atoms with Gasteiger partial charge in [-0.1, -0.05) is 18.2 Å². The fourth-order valence-electron chi connectivity index (χ4n) is 5.61. The average Bonchev–Trinajstić information content (AvgIpc) is 3.12. The molecular formula is C35H49F3N2O4. The zero-order valence-electron chi connectivity index (χ0n) is 27.0. The van der Waals surface area contributed by atoms with Gasteiger partial charge < -0.3 is 25.7 Å². The van der Waals surface area contributed by atoms with Crippen molar-refractivity contribution in [1.82, 2.24) is 0 Å². The van der Waals surface area contributed by atoms with Crippen molar-refractivity contribution in [2.24, 2.45) is 16.9 Å². The molecular weight excluding hydrogens is 569 g/mol. The van der Waals surface area contributed by atoms with Gasteiger partial charge in [0.25, 0.3) is 0 Å². The van der Waals surface area contributed by atoms with Gasteiger partial charge in [-0.2, -0.15) is 0 Å². The van der Waals surface area contributed by atoms with Gasteiger partial charge in [0.2, 0.25) is 0 Å². The number of unbranched alkanes of at least 4 members (excludes halogenated alkanes) is 3. The van der Waals surface area contributed by atoms with Crippen molar-refractivity contribution in [2.75, 3.05) is 13.2 Å². The van der Waals surface area contributed by atoms with Crippen LogP contribution >= 0.6 is 0 Å². The summed E-state index contributed by atoms with van der Waals surface area (Å²) < 4.78 is 54.1. The Hall–Kier alpha value is -3.04. The lowest BCUT2D eigenvalue weighted by Crippen LogP contribution is -2.59. The molecule has 3 rings (SSSR count). The number of carbonyl (C=O) groups is 1. The smallest absolute Gasteiger partial charge is 0.493 e. The maximum atomic E-state index is 12.8. The molecule has 2 aromatic carbocycles. The number of allylic oxidation sites excluding steroid dienone is 1. The second kappa shape index (κ2) is 14.4. The summed E-state index contributed by atoms with van der Waals surface area (Å²) >= 11 is 0. The van der Waals surface area contributed by atoms with Crippen molar-refractivity contribution in [3.8, 4) is 11.5 Å². The molecule has 1 atom stereocenters. The van der Waals surface area contributed by atoms with E-state index in [9.17, 15) is 18.0 Å². The maximum Gasteiger partial charge on any atom is 0.573 e. The minimum atomic E-state index is -4.72. The number of fused-ring (bicyclic) bond motifs is 1. The highest BCUT2D eigenvalue weighted by Crippen LogP contribution is 2.37. The number of alkyl halides is 3. The van der Waals surface area contributed by atoms with Crippen LogP contribution in [0.15, 0.2) is 36.4 Å². The van der Waals surface area contributed by atoms with Crippen LogP contribution in [-0.2, 0) is 16.0 Å². The molecule has 44 heavy (non-hydrogen) atoms. The lowest BCUT2D eigenvalue weighted by atomic mass is 9.68. The number of halogens is 3. The van der Waals surface area contributed by atoms with Crippen LogP contribution in [0.25, 0.3) is 11.6 Å². The van der Waals surface area contributed by atoms with Gasteiger partial charge in [-0.3, -0.25) is 4.79 Å². The standard InChI is InChI=1S/C35H49F3N2O4/c1-24-21-27(17-18-29(24)44-35(36,37)38)26-15-11-13-25-14-12-16-30(28(25)22-26)42-19-9-7-8-10-20-43-31(41)33(4,5)34(6,40)23-32(2,3)39/h12,14,16-18,21-22H,7-11,13,15,19-20,23,39-40H2,1-6H3. The predicted octanol–water partition coefficient (Wildman–Crippen LogP) is 8.12. The van der Waals surface area contributed by atoms with Gasteiger partial charge in [-0.05, 0) is 139 Å². The summed E-state index contributed by atoms with van der Waals surface area (Å²) in [4.78, 5) is 12.8. The molecule has 1 aliphatic carbocycles. The Labute approximate surface area is 260 Å². The number of aryl methyl sites for hydroxylation is 2. The normalized spacial score (nSPS) is 15.5. The van der Waals surface area contributed by atoms with Gasteiger partial charge in [0.05, 0.1) is 18.6 Å². The molecule has 9 heteroatoms. The quantitative estimate of drug-likeness (QED) is 0.164. The van der Waals surface area contributed by atoms with Gasteiger partial charge in [-0.25, -0.2) is 0 Å². The number of ether oxygens (including phenoxy) is 3. The first-order chi connectivity index (χ1) is 20.4. The van der Waals surface area contributed by atoms with E-state index in [-0.39, 0.29) is 11.7 Å². The molecule has 0 aliphatic heterocycles. The van der Waals surface area contributed by atoms with E-state index in [2.05, 4.69) is 16.9 Å². The van der Waals surface area contributed by atoms with Crippen LogP contribution in [0.3, 0.4) is 0 Å². The van der Waals surface area contributed by atoms with E-state index in [1.165, 1.54) is 11.6 Å². The zero-order valence-corrected chi connectivity index (χ0v) is 27.0. The Bertz CT molecular complexity index is 1310. The molecule has 1 unspecified atom stereocenters. The summed E-state index contributed by atoms with van der Waals surface area (Å²) in [5.41, 5.74) is 15.1. The summed E-state index contributed by atoms with van der Waals surface area (Å²) in [7, 11) is 0. The lowest BCUT2D eigenvalue weighted by Gasteiger charge is -2.42. The molecule has 0 fully saturated rings. The third-order valence-electron chi connectivity index (χ3n) is 8.43. The van der Waals surface area contributed by atoms with Crippen LogP contribution in [0.2, 0.25) is 0 Å². The summed E-state index contributed by atoms with van der Waals surface area (Å²) in [6.07, 6.45) is 3.93. The Morgan fingerprint density at radius 2 is 1.57 bits per heavy atom. The van der Waals surface area contributed by atoms with Crippen LogP contribution in [0.5, 0.6) is 11.5 Å². The SMILES string of the molecule is Cc1cc(C2=Cc3c(cccc3OCCCCCCOC(=O)C(C)(C)C(C)(N)CC(C)(C)N)CCC2)ccc1OC(F)(F)F. The van der Waals surface area contributed by atoms with Crippen molar-refractivity contribution >= 4 is 17.6 Å². The number of benzene rings is 2. The van der Waals surface area contributed by atoms with Crippen molar-refractivity contribution in [3.63, 3.8) is 0 Å². The highest BCUT2D eigenvalue weighted by molar-refractivity contribution is 5.85. The highest BCUT2D eigenvalue weighted by atomic mass is 19.4. The molecule has 4 N–H and O–H groups in total. The van der Waals surface area contributed by atoms with E-state index in [1.54, 1.807) is 19.1 Å². The van der Waals surface area contributed by atoms with Crippen molar-refractivity contribution in [1.29, 1.82) is 0 Å². The Kier molecular flexibility index (Phi) is 11.6. The molecule has 0 amide bonds. The zero-order chi connectivity index (χ0) is 32.8. The number of rotatable bonds is 14. The van der Waals surface area contributed by atoms with E-state index in [0.717, 1.165) is 67.4 Å². The Balaban J connectivity index is 1.51. The van der Waals surface area contributed by atoms with Crippen LogP contribution in [0.1, 0.15) is 102 Å². The van der Waals surface area contributed by atoms with E-state index in [0.29, 0.717) is 25.2 Å². The number of hydrogen-bond donors (Lipinski definition) is 2. The van der Waals surface area contributed by atoms with E-state index >= 15 is 0 Å². The van der Waals surface area contributed by atoms with Gasteiger partial charge in [-0.15, -0.1) is 13.2 Å². The summed E-state index contributed by atoms with van der Waals surface area (Å²) in [6, 6.07) is 10.9. The first-order valence-corrected chi connectivity index (χ1v) is 15.5. The summed E-state index contributed by atoms with van der Waals surface area (Å²) in [6.45, 7) is 11.8. The fraction of sp³-hybridized carbons (Fsp3) is 0.571. The molecule has 2 aromatic rings. The van der Waals surface area contributed by atoms with Crippen molar-refractivity contribution < 1.29 is 32.2 Å². The predicted molar refractivity (Wildman–Crippen MR) is 169 cm³/mol.